The zero-order valence-corrected chi connectivity index (χ0v) is 16.5. The zero-order chi connectivity index (χ0) is 18.8. The normalized spacial score (nSPS) is 17.4. The van der Waals surface area contributed by atoms with Crippen molar-refractivity contribution >= 4 is 40.4 Å². The van der Waals surface area contributed by atoms with Crippen LogP contribution in [0, 0.1) is 12.8 Å². The predicted molar refractivity (Wildman–Crippen MR) is 104 cm³/mol. The molecule has 3 aromatic heterocycles. The average Bonchev–Trinajstić information content (AvgIpc) is 3.36. The molecule has 1 atom stereocenters. The summed E-state index contributed by atoms with van der Waals surface area (Å²) < 4.78 is 1.67. The summed E-state index contributed by atoms with van der Waals surface area (Å²) in [7, 11) is 0. The van der Waals surface area contributed by atoms with Gasteiger partial charge < -0.3 is 4.90 Å². The summed E-state index contributed by atoms with van der Waals surface area (Å²) in [6.45, 7) is 3.06. The van der Waals surface area contributed by atoms with Crippen LogP contribution in [0.15, 0.2) is 34.7 Å². The van der Waals surface area contributed by atoms with E-state index in [2.05, 4.69) is 15.3 Å². The second kappa shape index (κ2) is 7.77. The van der Waals surface area contributed by atoms with Gasteiger partial charge in [0.2, 0.25) is 5.91 Å². The number of aromatic nitrogens is 4. The van der Waals surface area contributed by atoms with E-state index in [4.69, 9.17) is 0 Å². The Balaban J connectivity index is 1.37. The van der Waals surface area contributed by atoms with Crippen LogP contribution in [-0.2, 0) is 4.79 Å². The number of piperidine rings is 1. The minimum absolute atomic E-state index is 0.0473. The smallest absolute Gasteiger partial charge is 0.233 e. The lowest BCUT2D eigenvalue weighted by Gasteiger charge is -2.31. The third kappa shape index (κ3) is 3.89. The van der Waals surface area contributed by atoms with Crippen LogP contribution in [0.2, 0.25) is 0 Å². The Morgan fingerprint density at radius 1 is 1.30 bits per heavy atom. The molecule has 1 amide bonds. The predicted octanol–water partition coefficient (Wildman–Crippen LogP) is 2.71. The molecule has 3 aromatic rings. The van der Waals surface area contributed by atoms with Crippen molar-refractivity contribution in [3.05, 3.63) is 40.3 Å². The van der Waals surface area contributed by atoms with E-state index in [-0.39, 0.29) is 17.6 Å². The molecule has 140 valence electrons. The molecular formula is C18H19N5O2S2. The van der Waals surface area contributed by atoms with Crippen molar-refractivity contribution in [2.24, 2.45) is 5.92 Å². The SMILES string of the molecule is Cc1nnc2ccc(SCC(=O)N3CCCC(C(=O)c4cccs4)C3)nn12. The first-order valence-electron chi connectivity index (χ1n) is 8.79. The number of amides is 1. The van der Waals surface area contributed by atoms with Crippen LogP contribution in [-0.4, -0.2) is 55.2 Å². The number of nitrogens with zero attached hydrogens (tertiary/aromatic N) is 5. The molecule has 0 spiro atoms. The number of Topliss-reactive ketones (excluding diaryl/α,β-unsaturated/α-hetero) is 1. The number of thiophene rings is 1. The van der Waals surface area contributed by atoms with Crippen LogP contribution in [0.25, 0.3) is 5.65 Å². The molecule has 1 unspecified atom stereocenters. The lowest BCUT2D eigenvalue weighted by atomic mass is 9.93. The number of aryl methyl sites for hydroxylation is 1. The van der Waals surface area contributed by atoms with Gasteiger partial charge in [0.15, 0.2) is 17.3 Å². The zero-order valence-electron chi connectivity index (χ0n) is 14.9. The molecule has 0 aromatic carbocycles. The maximum Gasteiger partial charge on any atom is 0.233 e. The lowest BCUT2D eigenvalue weighted by Crippen LogP contribution is -2.43. The fourth-order valence-electron chi connectivity index (χ4n) is 3.22. The third-order valence-electron chi connectivity index (χ3n) is 4.65. The van der Waals surface area contributed by atoms with Gasteiger partial charge in [0.05, 0.1) is 10.6 Å². The van der Waals surface area contributed by atoms with E-state index in [1.54, 1.807) is 4.52 Å². The van der Waals surface area contributed by atoms with Crippen LogP contribution in [0.4, 0.5) is 0 Å². The summed E-state index contributed by atoms with van der Waals surface area (Å²) in [6, 6.07) is 7.44. The van der Waals surface area contributed by atoms with E-state index in [9.17, 15) is 9.59 Å². The van der Waals surface area contributed by atoms with Crippen molar-refractivity contribution < 1.29 is 9.59 Å². The molecule has 1 aliphatic heterocycles. The molecule has 1 saturated heterocycles. The summed E-state index contributed by atoms with van der Waals surface area (Å²) in [5.41, 5.74) is 0.689. The van der Waals surface area contributed by atoms with E-state index in [0.717, 1.165) is 22.7 Å². The van der Waals surface area contributed by atoms with E-state index in [1.165, 1.54) is 23.1 Å². The molecule has 4 rings (SSSR count). The Kier molecular flexibility index (Phi) is 5.22. The number of fused-ring (bicyclic) bond motifs is 1. The van der Waals surface area contributed by atoms with E-state index >= 15 is 0 Å². The highest BCUT2D eigenvalue weighted by Crippen LogP contribution is 2.24. The number of likely N-dealkylation sites (tertiary alicyclic amines) is 1. The molecule has 0 bridgehead atoms. The monoisotopic (exact) mass is 401 g/mol. The van der Waals surface area contributed by atoms with Gasteiger partial charge in [-0.05, 0) is 43.3 Å². The summed E-state index contributed by atoms with van der Waals surface area (Å²) in [6.07, 6.45) is 1.71. The molecule has 27 heavy (non-hydrogen) atoms. The van der Waals surface area contributed by atoms with Crippen molar-refractivity contribution in [3.8, 4) is 0 Å². The van der Waals surface area contributed by atoms with Gasteiger partial charge in [-0.2, -0.15) is 9.61 Å². The molecule has 4 heterocycles. The van der Waals surface area contributed by atoms with Crippen LogP contribution < -0.4 is 0 Å². The second-order valence-corrected chi connectivity index (χ2v) is 8.44. The van der Waals surface area contributed by atoms with Gasteiger partial charge in [0, 0.05) is 19.0 Å². The Morgan fingerprint density at radius 2 is 2.19 bits per heavy atom. The van der Waals surface area contributed by atoms with Gasteiger partial charge in [0.25, 0.3) is 0 Å². The minimum atomic E-state index is -0.0968. The highest BCUT2D eigenvalue weighted by Gasteiger charge is 2.29. The topological polar surface area (TPSA) is 80.5 Å². The standard InChI is InChI=1S/C18H19N5O2S2/c1-12-19-20-15-6-7-16(21-23(12)15)27-11-17(24)22-8-2-4-13(10-22)18(25)14-5-3-9-26-14/h3,5-7,9,13H,2,4,8,10-11H2,1H3. The molecule has 0 radical (unpaired) electrons. The van der Waals surface area contributed by atoms with Gasteiger partial charge in [-0.25, -0.2) is 0 Å². The molecular weight excluding hydrogens is 382 g/mol. The fourth-order valence-corrected chi connectivity index (χ4v) is 4.72. The molecule has 0 aliphatic carbocycles. The Morgan fingerprint density at radius 3 is 3.00 bits per heavy atom. The van der Waals surface area contributed by atoms with Crippen molar-refractivity contribution in [2.75, 3.05) is 18.8 Å². The van der Waals surface area contributed by atoms with Gasteiger partial charge in [-0.15, -0.1) is 21.5 Å². The highest BCUT2D eigenvalue weighted by atomic mass is 32.2. The molecule has 7 nitrogen and oxygen atoms in total. The Labute approximate surface area is 164 Å². The lowest BCUT2D eigenvalue weighted by molar-refractivity contribution is -0.129. The van der Waals surface area contributed by atoms with Crippen LogP contribution >= 0.6 is 23.1 Å². The van der Waals surface area contributed by atoms with Gasteiger partial charge >= 0.3 is 0 Å². The first-order chi connectivity index (χ1) is 13.1. The van der Waals surface area contributed by atoms with Crippen molar-refractivity contribution in [3.63, 3.8) is 0 Å². The van der Waals surface area contributed by atoms with Gasteiger partial charge in [0.1, 0.15) is 5.03 Å². The van der Waals surface area contributed by atoms with E-state index in [1.807, 2.05) is 41.5 Å². The average molecular weight is 402 g/mol. The van der Waals surface area contributed by atoms with Gasteiger partial charge in [-0.3, -0.25) is 9.59 Å². The largest absolute Gasteiger partial charge is 0.341 e. The number of hydrogen-bond acceptors (Lipinski definition) is 7. The molecule has 0 N–H and O–H groups in total. The van der Waals surface area contributed by atoms with E-state index < -0.39 is 0 Å². The number of ketones is 1. The number of thioether (sulfide) groups is 1. The quantitative estimate of drug-likeness (QED) is 0.483. The number of hydrogen-bond donors (Lipinski definition) is 0. The third-order valence-corrected chi connectivity index (χ3v) is 6.44. The van der Waals surface area contributed by atoms with Gasteiger partial charge in [-0.1, -0.05) is 17.8 Å². The summed E-state index contributed by atoms with van der Waals surface area (Å²) in [5.74, 6) is 1.13. The Hall–Kier alpha value is -2.26. The number of rotatable bonds is 5. The summed E-state index contributed by atoms with van der Waals surface area (Å²) >= 11 is 2.86. The first kappa shape index (κ1) is 18.1. The highest BCUT2D eigenvalue weighted by molar-refractivity contribution is 7.99. The molecule has 1 fully saturated rings. The maximum absolute atomic E-state index is 12.6. The van der Waals surface area contributed by atoms with Crippen molar-refractivity contribution in [1.82, 2.24) is 24.7 Å². The van der Waals surface area contributed by atoms with Crippen LogP contribution in [0.5, 0.6) is 0 Å². The van der Waals surface area contributed by atoms with Crippen LogP contribution in [0.1, 0.15) is 28.3 Å². The molecule has 0 saturated carbocycles. The second-order valence-electron chi connectivity index (χ2n) is 6.50. The summed E-state index contributed by atoms with van der Waals surface area (Å²) in [4.78, 5) is 27.8. The number of carbonyl (C=O) groups is 2. The van der Waals surface area contributed by atoms with Crippen molar-refractivity contribution in [1.29, 1.82) is 0 Å². The van der Waals surface area contributed by atoms with Crippen molar-refractivity contribution in [2.45, 2.75) is 24.8 Å². The number of carbonyl (C=O) groups excluding carboxylic acids is 2. The molecule has 9 heteroatoms. The van der Waals surface area contributed by atoms with E-state index in [0.29, 0.717) is 30.3 Å². The molecule has 1 aliphatic rings. The Bertz CT molecular complexity index is 969. The fraction of sp³-hybridized carbons (Fsp3) is 0.389. The first-order valence-corrected chi connectivity index (χ1v) is 10.7. The maximum atomic E-state index is 12.6. The minimum Gasteiger partial charge on any atom is -0.341 e. The van der Waals surface area contributed by atoms with Crippen LogP contribution in [0.3, 0.4) is 0 Å². The summed E-state index contributed by atoms with van der Waals surface area (Å²) in [5, 5.41) is 15.1.